The number of anilines is 1. The monoisotopic (exact) mass is 311 g/mol. The molecule has 2 aromatic rings. The van der Waals surface area contributed by atoms with Crippen LogP contribution in [0.2, 0.25) is 5.02 Å². The second-order valence-corrected chi connectivity index (χ2v) is 5.95. The van der Waals surface area contributed by atoms with Gasteiger partial charge in [-0.1, -0.05) is 35.9 Å². The van der Waals surface area contributed by atoms with E-state index < -0.39 is 10.0 Å². The van der Waals surface area contributed by atoms with Crippen molar-refractivity contribution in [3.8, 4) is 0 Å². The molecule has 0 aromatic heterocycles. The van der Waals surface area contributed by atoms with Gasteiger partial charge in [0.2, 0.25) is 0 Å². The van der Waals surface area contributed by atoms with E-state index >= 15 is 0 Å². The molecule has 6 heteroatoms. The summed E-state index contributed by atoms with van der Waals surface area (Å²) in [6, 6.07) is 12.0. The van der Waals surface area contributed by atoms with Crippen molar-refractivity contribution in [3.05, 3.63) is 70.3 Å². The molecule has 0 aliphatic heterocycles. The molecule has 0 unspecified atom stereocenters. The summed E-state index contributed by atoms with van der Waals surface area (Å²) in [4.78, 5) is 0. The Morgan fingerprint density at radius 3 is 2.35 bits per heavy atom. The van der Waals surface area contributed by atoms with Crippen LogP contribution in [-0.2, 0) is 10.0 Å². The molecule has 0 saturated heterocycles. The van der Waals surface area contributed by atoms with Crippen LogP contribution in [0.5, 0.6) is 0 Å². The fourth-order valence-corrected chi connectivity index (χ4v) is 2.60. The summed E-state index contributed by atoms with van der Waals surface area (Å²) in [7, 11) is -3.67. The van der Waals surface area contributed by atoms with E-state index in [0.717, 1.165) is 5.41 Å². The molecular weight excluding hydrogens is 301 g/mol. The van der Waals surface area contributed by atoms with Crippen LogP contribution in [-0.4, -0.2) is 8.42 Å². The highest BCUT2D eigenvalue weighted by atomic mass is 35.5. The number of sulfonamides is 1. The predicted molar refractivity (Wildman–Crippen MR) is 79.4 cm³/mol. The van der Waals surface area contributed by atoms with E-state index in [4.69, 9.17) is 11.6 Å². The van der Waals surface area contributed by atoms with Crippen molar-refractivity contribution in [2.24, 2.45) is 0 Å². The molecule has 20 heavy (non-hydrogen) atoms. The van der Waals surface area contributed by atoms with E-state index in [0.29, 0.717) is 16.3 Å². The Labute approximate surface area is 121 Å². The van der Waals surface area contributed by atoms with Crippen LogP contribution in [0.25, 0.3) is 6.08 Å². The molecule has 0 radical (unpaired) electrons. The first-order chi connectivity index (χ1) is 9.46. The normalized spacial score (nSPS) is 11.7. The Morgan fingerprint density at radius 2 is 1.70 bits per heavy atom. The maximum atomic E-state index is 12.7. The van der Waals surface area contributed by atoms with Gasteiger partial charge in [0.15, 0.2) is 0 Å². The maximum absolute atomic E-state index is 12.7. The zero-order valence-electron chi connectivity index (χ0n) is 10.3. The van der Waals surface area contributed by atoms with Crippen molar-refractivity contribution in [2.45, 2.75) is 0 Å². The molecule has 3 nitrogen and oxygen atoms in total. The standard InChI is InChI=1S/C14H11ClFNO2S/c15-13-3-1-2-4-14(13)17-20(18,19)10-9-11-5-7-12(16)8-6-11/h1-10,17H. The second kappa shape index (κ2) is 6.07. The lowest BCUT2D eigenvalue weighted by Crippen LogP contribution is -2.09. The third-order valence-corrected chi connectivity index (χ3v) is 3.76. The highest BCUT2D eigenvalue weighted by molar-refractivity contribution is 7.95. The van der Waals surface area contributed by atoms with Gasteiger partial charge in [0.05, 0.1) is 16.1 Å². The molecule has 0 aliphatic rings. The molecule has 0 amide bonds. The Kier molecular flexibility index (Phi) is 4.42. The Balaban J connectivity index is 2.15. The number of para-hydroxylation sites is 1. The van der Waals surface area contributed by atoms with Gasteiger partial charge in [-0.25, -0.2) is 12.8 Å². The van der Waals surface area contributed by atoms with Crippen LogP contribution in [0.3, 0.4) is 0 Å². The van der Waals surface area contributed by atoms with Crippen LogP contribution in [0, 0.1) is 5.82 Å². The molecule has 0 fully saturated rings. The Hall–Kier alpha value is -1.85. The van der Waals surface area contributed by atoms with Gasteiger partial charge in [-0.3, -0.25) is 4.72 Å². The van der Waals surface area contributed by atoms with Crippen molar-refractivity contribution >= 4 is 33.4 Å². The van der Waals surface area contributed by atoms with Gasteiger partial charge in [-0.15, -0.1) is 0 Å². The average Bonchev–Trinajstić information content (AvgIpc) is 2.41. The minimum Gasteiger partial charge on any atom is -0.279 e. The highest BCUT2D eigenvalue weighted by Gasteiger charge is 2.07. The molecule has 0 spiro atoms. The van der Waals surface area contributed by atoms with Gasteiger partial charge in [0.1, 0.15) is 5.82 Å². The molecule has 0 atom stereocenters. The minimum absolute atomic E-state index is 0.304. The first kappa shape index (κ1) is 14.6. The fourth-order valence-electron chi connectivity index (χ4n) is 1.47. The molecule has 0 saturated carbocycles. The molecule has 1 N–H and O–H groups in total. The molecule has 0 aliphatic carbocycles. The van der Waals surface area contributed by atoms with Crippen LogP contribution >= 0.6 is 11.6 Å². The van der Waals surface area contributed by atoms with E-state index in [1.54, 1.807) is 24.3 Å². The van der Waals surface area contributed by atoms with Gasteiger partial charge in [0, 0.05) is 0 Å². The van der Waals surface area contributed by atoms with E-state index in [1.807, 2.05) is 0 Å². The van der Waals surface area contributed by atoms with Crippen LogP contribution < -0.4 is 4.72 Å². The van der Waals surface area contributed by atoms with Crippen molar-refractivity contribution in [3.63, 3.8) is 0 Å². The lowest BCUT2D eigenvalue weighted by atomic mass is 10.2. The van der Waals surface area contributed by atoms with Gasteiger partial charge >= 0.3 is 0 Å². The predicted octanol–water partition coefficient (Wildman–Crippen LogP) is 3.89. The smallest absolute Gasteiger partial charge is 0.255 e. The van der Waals surface area contributed by atoms with Crippen LogP contribution in [0.1, 0.15) is 5.56 Å². The number of nitrogens with one attached hydrogen (secondary N) is 1. The summed E-state index contributed by atoms with van der Waals surface area (Å²) < 4.78 is 38.8. The van der Waals surface area contributed by atoms with Gasteiger partial charge in [-0.2, -0.15) is 0 Å². The number of hydrogen-bond acceptors (Lipinski definition) is 2. The van der Waals surface area contributed by atoms with Gasteiger partial charge in [-0.05, 0) is 35.9 Å². The van der Waals surface area contributed by atoms with E-state index in [2.05, 4.69) is 4.72 Å². The topological polar surface area (TPSA) is 46.2 Å². The Morgan fingerprint density at radius 1 is 1.05 bits per heavy atom. The third-order valence-electron chi connectivity index (χ3n) is 2.44. The largest absolute Gasteiger partial charge is 0.279 e. The molecule has 2 aromatic carbocycles. The van der Waals surface area contributed by atoms with Crippen molar-refractivity contribution in [1.29, 1.82) is 0 Å². The van der Waals surface area contributed by atoms with E-state index in [1.165, 1.54) is 30.3 Å². The number of rotatable bonds is 4. The fraction of sp³-hybridized carbons (Fsp3) is 0. The van der Waals surface area contributed by atoms with Crippen LogP contribution in [0.4, 0.5) is 10.1 Å². The van der Waals surface area contributed by atoms with Crippen molar-refractivity contribution in [1.82, 2.24) is 0 Å². The quantitative estimate of drug-likeness (QED) is 0.931. The molecule has 104 valence electrons. The SMILES string of the molecule is O=S(=O)(C=Cc1ccc(F)cc1)Nc1ccccc1Cl. The molecule has 0 heterocycles. The third kappa shape index (κ3) is 4.08. The zero-order chi connectivity index (χ0) is 14.6. The van der Waals surface area contributed by atoms with Crippen molar-refractivity contribution in [2.75, 3.05) is 4.72 Å². The van der Waals surface area contributed by atoms with Gasteiger partial charge in [0.25, 0.3) is 10.0 Å². The minimum atomic E-state index is -3.67. The van der Waals surface area contributed by atoms with E-state index in [-0.39, 0.29) is 5.82 Å². The maximum Gasteiger partial charge on any atom is 0.255 e. The van der Waals surface area contributed by atoms with Crippen LogP contribution in [0.15, 0.2) is 53.9 Å². The molecule has 0 bridgehead atoms. The number of benzene rings is 2. The molecular formula is C14H11ClFNO2S. The summed E-state index contributed by atoms with van der Waals surface area (Å²) >= 11 is 5.87. The van der Waals surface area contributed by atoms with Crippen molar-refractivity contribution < 1.29 is 12.8 Å². The summed E-state index contributed by atoms with van der Waals surface area (Å²) in [6.45, 7) is 0. The van der Waals surface area contributed by atoms with E-state index in [9.17, 15) is 12.8 Å². The average molecular weight is 312 g/mol. The summed E-state index contributed by atoms with van der Waals surface area (Å²) in [5.41, 5.74) is 0.883. The Bertz CT molecular complexity index is 727. The summed E-state index contributed by atoms with van der Waals surface area (Å²) in [6.07, 6.45) is 1.37. The lowest BCUT2D eigenvalue weighted by molar-refractivity contribution is 0.609. The highest BCUT2D eigenvalue weighted by Crippen LogP contribution is 2.22. The number of halogens is 2. The lowest BCUT2D eigenvalue weighted by Gasteiger charge is -2.05. The molecule has 2 rings (SSSR count). The first-order valence-electron chi connectivity index (χ1n) is 5.67. The summed E-state index contributed by atoms with van der Waals surface area (Å²) in [5, 5.41) is 1.31. The first-order valence-corrected chi connectivity index (χ1v) is 7.60. The number of hydrogen-bond donors (Lipinski definition) is 1. The van der Waals surface area contributed by atoms with Gasteiger partial charge < -0.3 is 0 Å². The summed E-state index contributed by atoms with van der Waals surface area (Å²) in [5.74, 6) is -0.376. The second-order valence-electron chi connectivity index (χ2n) is 3.98. The zero-order valence-corrected chi connectivity index (χ0v) is 11.8.